The summed E-state index contributed by atoms with van der Waals surface area (Å²) < 4.78 is 13.6. The molecule has 3 atom stereocenters. The third-order valence-electron chi connectivity index (χ3n) is 3.65. The van der Waals surface area contributed by atoms with Crippen molar-refractivity contribution in [3.05, 3.63) is 35.4 Å². The van der Waals surface area contributed by atoms with Gasteiger partial charge in [-0.1, -0.05) is 36.8 Å². The van der Waals surface area contributed by atoms with Crippen molar-refractivity contribution in [1.82, 2.24) is 0 Å². The Morgan fingerprint density at radius 3 is 2.40 bits per heavy atom. The molecule has 2 rings (SSSR count). The first-order valence-electron chi connectivity index (χ1n) is 5.87. The van der Waals surface area contributed by atoms with E-state index in [-0.39, 0.29) is 5.92 Å². The summed E-state index contributed by atoms with van der Waals surface area (Å²) in [5.74, 6) is 0.698. The van der Waals surface area contributed by atoms with Crippen LogP contribution in [0.25, 0.3) is 0 Å². The third-order valence-corrected chi connectivity index (χ3v) is 3.65. The van der Waals surface area contributed by atoms with E-state index in [4.69, 9.17) is 0 Å². The van der Waals surface area contributed by atoms with Crippen LogP contribution >= 0.6 is 0 Å². The zero-order valence-electron chi connectivity index (χ0n) is 9.54. The highest BCUT2D eigenvalue weighted by Crippen LogP contribution is 2.37. The van der Waals surface area contributed by atoms with Gasteiger partial charge in [0.1, 0.15) is 6.17 Å². The number of aryl methyl sites for hydroxylation is 1. The Bertz CT molecular complexity index is 315. The van der Waals surface area contributed by atoms with Gasteiger partial charge >= 0.3 is 0 Å². The quantitative estimate of drug-likeness (QED) is 0.644. The molecular formula is C14H19F. The lowest BCUT2D eigenvalue weighted by atomic mass is 9.78. The monoisotopic (exact) mass is 206 g/mol. The van der Waals surface area contributed by atoms with Crippen LogP contribution in [0.3, 0.4) is 0 Å². The first kappa shape index (κ1) is 10.7. The fourth-order valence-corrected chi connectivity index (χ4v) is 2.41. The van der Waals surface area contributed by atoms with Gasteiger partial charge in [-0.15, -0.1) is 0 Å². The predicted molar refractivity (Wildman–Crippen MR) is 61.8 cm³/mol. The number of hydrogen-bond acceptors (Lipinski definition) is 0. The van der Waals surface area contributed by atoms with Crippen LogP contribution in [-0.4, -0.2) is 6.17 Å². The summed E-state index contributed by atoms with van der Waals surface area (Å²) in [6.45, 7) is 4.11. The molecule has 15 heavy (non-hydrogen) atoms. The van der Waals surface area contributed by atoms with E-state index in [0.29, 0.717) is 12.3 Å². The molecule has 1 heteroatoms. The number of alkyl halides is 1. The Labute approximate surface area is 91.5 Å². The van der Waals surface area contributed by atoms with E-state index in [9.17, 15) is 4.39 Å². The van der Waals surface area contributed by atoms with E-state index in [1.165, 1.54) is 11.1 Å². The van der Waals surface area contributed by atoms with Crippen molar-refractivity contribution in [3.63, 3.8) is 0 Å². The molecule has 0 amide bonds. The van der Waals surface area contributed by atoms with Gasteiger partial charge in [0.05, 0.1) is 0 Å². The van der Waals surface area contributed by atoms with Gasteiger partial charge in [0.2, 0.25) is 0 Å². The highest BCUT2D eigenvalue weighted by atomic mass is 19.1. The molecule has 1 aliphatic rings. The molecule has 0 spiro atoms. The second-order valence-corrected chi connectivity index (χ2v) is 4.91. The topological polar surface area (TPSA) is 0 Å². The minimum atomic E-state index is -0.606. The van der Waals surface area contributed by atoms with Crippen LogP contribution < -0.4 is 0 Å². The van der Waals surface area contributed by atoms with Crippen LogP contribution in [0.5, 0.6) is 0 Å². The molecule has 1 aromatic carbocycles. The summed E-state index contributed by atoms with van der Waals surface area (Å²) in [6.07, 6.45) is 2.28. The molecule has 0 aromatic heterocycles. The molecule has 1 saturated carbocycles. The highest BCUT2D eigenvalue weighted by molar-refractivity contribution is 5.25. The van der Waals surface area contributed by atoms with E-state index < -0.39 is 6.17 Å². The van der Waals surface area contributed by atoms with Crippen LogP contribution in [0.15, 0.2) is 24.3 Å². The van der Waals surface area contributed by atoms with E-state index in [1.807, 2.05) is 6.92 Å². The predicted octanol–water partition coefficient (Wildman–Crippen LogP) is 4.24. The molecular weight excluding hydrogens is 187 g/mol. The van der Waals surface area contributed by atoms with Gasteiger partial charge in [-0.2, -0.15) is 0 Å². The van der Waals surface area contributed by atoms with Crippen molar-refractivity contribution in [3.8, 4) is 0 Å². The third kappa shape index (κ3) is 2.39. The summed E-state index contributed by atoms with van der Waals surface area (Å²) in [7, 11) is 0. The van der Waals surface area contributed by atoms with Gasteiger partial charge in [0, 0.05) is 0 Å². The van der Waals surface area contributed by atoms with E-state index in [0.717, 1.165) is 12.8 Å². The van der Waals surface area contributed by atoms with Crippen molar-refractivity contribution in [2.45, 2.75) is 45.2 Å². The van der Waals surface area contributed by atoms with Crippen LogP contribution in [0.4, 0.5) is 4.39 Å². The largest absolute Gasteiger partial charge is 0.247 e. The fourth-order valence-electron chi connectivity index (χ4n) is 2.41. The molecule has 0 aliphatic heterocycles. The van der Waals surface area contributed by atoms with Gasteiger partial charge in [-0.05, 0) is 43.6 Å². The first-order chi connectivity index (χ1) is 7.16. The maximum absolute atomic E-state index is 13.6. The average molecular weight is 206 g/mol. The van der Waals surface area contributed by atoms with Gasteiger partial charge in [0.15, 0.2) is 0 Å². The Morgan fingerprint density at radius 2 is 1.80 bits per heavy atom. The zero-order valence-corrected chi connectivity index (χ0v) is 9.54. The summed E-state index contributed by atoms with van der Waals surface area (Å²) >= 11 is 0. The fraction of sp³-hybridized carbons (Fsp3) is 0.571. The lowest BCUT2D eigenvalue weighted by Crippen LogP contribution is -2.22. The van der Waals surface area contributed by atoms with Gasteiger partial charge in [0.25, 0.3) is 0 Å². The number of benzene rings is 1. The van der Waals surface area contributed by atoms with Crippen molar-refractivity contribution in [1.29, 1.82) is 0 Å². The van der Waals surface area contributed by atoms with E-state index in [1.54, 1.807) is 0 Å². The molecule has 1 aliphatic carbocycles. The van der Waals surface area contributed by atoms with Crippen molar-refractivity contribution in [2.75, 3.05) is 0 Å². The molecule has 0 saturated heterocycles. The standard InChI is InChI=1S/C14H19F/c1-10-3-6-12(7-4-10)13-8-5-11(2)14(15)9-13/h3-4,6-7,11,13-14H,5,8-9H2,1-2H3. The molecule has 0 N–H and O–H groups in total. The van der Waals surface area contributed by atoms with E-state index >= 15 is 0 Å². The van der Waals surface area contributed by atoms with Crippen LogP contribution in [-0.2, 0) is 0 Å². The lowest BCUT2D eigenvalue weighted by molar-refractivity contribution is 0.163. The smallest absolute Gasteiger partial charge is 0.103 e. The van der Waals surface area contributed by atoms with Gasteiger partial charge < -0.3 is 0 Å². The average Bonchev–Trinajstić information content (AvgIpc) is 2.23. The Hall–Kier alpha value is -0.850. The maximum Gasteiger partial charge on any atom is 0.103 e. The summed E-state index contributed by atoms with van der Waals surface area (Å²) in [4.78, 5) is 0. The van der Waals surface area contributed by atoms with Gasteiger partial charge in [-0.25, -0.2) is 4.39 Å². The molecule has 0 heterocycles. The second-order valence-electron chi connectivity index (χ2n) is 4.91. The van der Waals surface area contributed by atoms with E-state index in [2.05, 4.69) is 31.2 Å². The van der Waals surface area contributed by atoms with Crippen molar-refractivity contribution >= 4 is 0 Å². The summed E-state index contributed by atoms with van der Waals surface area (Å²) in [5.41, 5.74) is 2.59. The van der Waals surface area contributed by atoms with Crippen LogP contribution in [0, 0.1) is 12.8 Å². The molecule has 0 bridgehead atoms. The zero-order chi connectivity index (χ0) is 10.8. The molecule has 3 unspecified atom stereocenters. The highest BCUT2D eigenvalue weighted by Gasteiger charge is 2.28. The first-order valence-corrected chi connectivity index (χ1v) is 5.87. The number of hydrogen-bond donors (Lipinski definition) is 0. The molecule has 0 radical (unpaired) electrons. The normalized spacial score (nSPS) is 31.5. The minimum Gasteiger partial charge on any atom is -0.247 e. The van der Waals surface area contributed by atoms with Crippen molar-refractivity contribution < 1.29 is 4.39 Å². The lowest BCUT2D eigenvalue weighted by Gasteiger charge is -2.29. The Balaban J connectivity index is 2.08. The summed E-state index contributed by atoms with van der Waals surface area (Å²) in [6, 6.07) is 8.56. The Morgan fingerprint density at radius 1 is 1.13 bits per heavy atom. The molecule has 0 nitrogen and oxygen atoms in total. The molecule has 1 fully saturated rings. The Kier molecular flexibility index (Phi) is 3.08. The second kappa shape index (κ2) is 4.34. The molecule has 1 aromatic rings. The van der Waals surface area contributed by atoms with Gasteiger partial charge in [-0.3, -0.25) is 0 Å². The number of halogens is 1. The van der Waals surface area contributed by atoms with Crippen molar-refractivity contribution in [2.24, 2.45) is 5.92 Å². The summed E-state index contributed by atoms with van der Waals surface area (Å²) in [5, 5.41) is 0. The van der Waals surface area contributed by atoms with Crippen LogP contribution in [0.2, 0.25) is 0 Å². The SMILES string of the molecule is Cc1ccc(C2CCC(C)C(F)C2)cc1. The molecule has 82 valence electrons. The van der Waals surface area contributed by atoms with Crippen LogP contribution in [0.1, 0.15) is 43.2 Å². The minimum absolute atomic E-state index is 0.256. The maximum atomic E-state index is 13.6. The number of rotatable bonds is 1.